The summed E-state index contributed by atoms with van der Waals surface area (Å²) in [5.41, 5.74) is 6.79. The van der Waals surface area contributed by atoms with Crippen LogP contribution >= 0.6 is 0 Å². The van der Waals surface area contributed by atoms with Crippen LogP contribution in [0.15, 0.2) is 60.7 Å². The first-order chi connectivity index (χ1) is 14.6. The Labute approximate surface area is 177 Å². The number of hydrogen-bond acceptors (Lipinski definition) is 3. The SMILES string of the molecule is CCc1ccc(CC(=O)C2(c3ccc4c(c3)OCO4)CC2)cc1-c1cccc(C)c1. The lowest BCUT2D eigenvalue weighted by atomic mass is 9.86. The van der Waals surface area contributed by atoms with Gasteiger partial charge in [-0.15, -0.1) is 0 Å². The molecule has 1 saturated carbocycles. The first-order valence-corrected chi connectivity index (χ1v) is 10.7. The van der Waals surface area contributed by atoms with Crippen molar-refractivity contribution in [3.63, 3.8) is 0 Å². The van der Waals surface area contributed by atoms with E-state index < -0.39 is 0 Å². The minimum Gasteiger partial charge on any atom is -0.454 e. The number of carbonyl (C=O) groups excluding carboxylic acids is 1. The van der Waals surface area contributed by atoms with Crippen LogP contribution < -0.4 is 9.47 Å². The molecule has 0 amide bonds. The Bertz CT molecular complexity index is 1120. The molecule has 0 atom stereocenters. The predicted molar refractivity (Wildman–Crippen MR) is 118 cm³/mol. The van der Waals surface area contributed by atoms with E-state index in [0.29, 0.717) is 12.2 Å². The van der Waals surface area contributed by atoms with Gasteiger partial charge in [-0.25, -0.2) is 0 Å². The normalized spacial score (nSPS) is 15.8. The predicted octanol–water partition coefficient (Wildman–Crippen LogP) is 5.80. The fourth-order valence-corrected chi connectivity index (χ4v) is 4.53. The first-order valence-electron chi connectivity index (χ1n) is 10.7. The third-order valence-corrected chi connectivity index (χ3v) is 6.46. The minimum atomic E-state index is -0.367. The molecule has 3 aromatic rings. The lowest BCUT2D eigenvalue weighted by Crippen LogP contribution is -2.22. The average Bonchev–Trinajstić information content (AvgIpc) is 3.44. The molecule has 152 valence electrons. The van der Waals surface area contributed by atoms with E-state index in [0.717, 1.165) is 41.9 Å². The van der Waals surface area contributed by atoms with Crippen LogP contribution in [0.25, 0.3) is 11.1 Å². The maximum Gasteiger partial charge on any atom is 0.231 e. The van der Waals surface area contributed by atoms with Gasteiger partial charge in [-0.1, -0.05) is 61.0 Å². The largest absolute Gasteiger partial charge is 0.454 e. The highest BCUT2D eigenvalue weighted by Gasteiger charge is 2.50. The maximum atomic E-state index is 13.4. The molecule has 1 aliphatic heterocycles. The summed E-state index contributed by atoms with van der Waals surface area (Å²) >= 11 is 0. The monoisotopic (exact) mass is 398 g/mol. The molecular weight excluding hydrogens is 372 g/mol. The van der Waals surface area contributed by atoms with Crippen molar-refractivity contribution < 1.29 is 14.3 Å². The van der Waals surface area contributed by atoms with Gasteiger partial charge in [0.1, 0.15) is 5.78 Å². The van der Waals surface area contributed by atoms with Crippen molar-refractivity contribution >= 4 is 5.78 Å². The molecule has 0 N–H and O–H groups in total. The fraction of sp³-hybridized carbons (Fsp3) is 0.296. The smallest absolute Gasteiger partial charge is 0.231 e. The third-order valence-electron chi connectivity index (χ3n) is 6.46. The third kappa shape index (κ3) is 3.28. The Morgan fingerprint density at radius 1 is 0.967 bits per heavy atom. The standard InChI is InChI=1S/C27H26O3/c1-3-20-8-7-19(14-23(20)21-6-4-5-18(2)13-21)15-26(28)27(11-12-27)22-9-10-24-25(16-22)30-17-29-24/h4-10,13-14,16H,3,11-12,15,17H2,1-2H3. The van der Waals surface area contributed by atoms with Crippen LogP contribution in [0.5, 0.6) is 11.5 Å². The molecule has 0 unspecified atom stereocenters. The number of carbonyl (C=O) groups is 1. The molecule has 0 radical (unpaired) electrons. The Morgan fingerprint density at radius 2 is 1.80 bits per heavy atom. The lowest BCUT2D eigenvalue weighted by Gasteiger charge is -2.16. The van der Waals surface area contributed by atoms with Gasteiger partial charge in [0.2, 0.25) is 6.79 Å². The van der Waals surface area contributed by atoms with Gasteiger partial charge < -0.3 is 9.47 Å². The number of fused-ring (bicyclic) bond motifs is 1. The number of benzene rings is 3. The summed E-state index contributed by atoms with van der Waals surface area (Å²) in [6, 6.07) is 21.0. The van der Waals surface area contributed by atoms with Crippen LogP contribution in [0.2, 0.25) is 0 Å². The van der Waals surface area contributed by atoms with Gasteiger partial charge >= 0.3 is 0 Å². The van der Waals surface area contributed by atoms with Crippen molar-refractivity contribution in [2.75, 3.05) is 6.79 Å². The van der Waals surface area contributed by atoms with Crippen LogP contribution in [0.4, 0.5) is 0 Å². The highest BCUT2D eigenvalue weighted by molar-refractivity contribution is 5.95. The topological polar surface area (TPSA) is 35.5 Å². The number of hydrogen-bond donors (Lipinski definition) is 0. The molecule has 5 rings (SSSR count). The number of rotatable bonds is 6. The summed E-state index contributed by atoms with van der Waals surface area (Å²) in [7, 11) is 0. The molecule has 1 heterocycles. The van der Waals surface area contributed by atoms with Crippen LogP contribution in [0.3, 0.4) is 0 Å². The molecule has 1 aliphatic carbocycles. The molecule has 1 fully saturated rings. The molecule has 30 heavy (non-hydrogen) atoms. The van der Waals surface area contributed by atoms with Crippen molar-refractivity contribution in [2.24, 2.45) is 0 Å². The van der Waals surface area contributed by atoms with Gasteiger partial charge in [0, 0.05) is 6.42 Å². The Morgan fingerprint density at radius 3 is 2.57 bits per heavy atom. The highest BCUT2D eigenvalue weighted by atomic mass is 16.7. The number of Topliss-reactive ketones (excluding diaryl/α,β-unsaturated/α-hetero) is 1. The summed E-state index contributed by atoms with van der Waals surface area (Å²) in [4.78, 5) is 13.4. The quantitative estimate of drug-likeness (QED) is 0.527. The molecule has 0 aromatic heterocycles. The second-order valence-electron chi connectivity index (χ2n) is 8.46. The van der Waals surface area contributed by atoms with E-state index in [1.807, 2.05) is 18.2 Å². The molecule has 2 aliphatic rings. The number of aryl methyl sites for hydroxylation is 2. The van der Waals surface area contributed by atoms with Gasteiger partial charge in [-0.05, 0) is 66.1 Å². The fourth-order valence-electron chi connectivity index (χ4n) is 4.53. The summed E-state index contributed by atoms with van der Waals surface area (Å²) in [6.07, 6.45) is 3.24. The molecule has 0 saturated heterocycles. The summed E-state index contributed by atoms with van der Waals surface area (Å²) in [6.45, 7) is 4.55. The van der Waals surface area contributed by atoms with Crippen molar-refractivity contribution in [3.05, 3.63) is 82.9 Å². The van der Waals surface area contributed by atoms with Crippen molar-refractivity contribution in [1.82, 2.24) is 0 Å². The zero-order valence-electron chi connectivity index (χ0n) is 17.5. The van der Waals surface area contributed by atoms with Crippen molar-refractivity contribution in [3.8, 4) is 22.6 Å². The lowest BCUT2D eigenvalue weighted by molar-refractivity contribution is -0.120. The summed E-state index contributed by atoms with van der Waals surface area (Å²) in [5, 5.41) is 0. The zero-order chi connectivity index (χ0) is 20.7. The van der Waals surface area contributed by atoms with Gasteiger partial charge in [-0.2, -0.15) is 0 Å². The van der Waals surface area contributed by atoms with E-state index >= 15 is 0 Å². The highest BCUT2D eigenvalue weighted by Crippen LogP contribution is 2.51. The average molecular weight is 399 g/mol. The van der Waals surface area contributed by atoms with Crippen LogP contribution in [-0.4, -0.2) is 12.6 Å². The van der Waals surface area contributed by atoms with E-state index in [1.54, 1.807) is 0 Å². The van der Waals surface area contributed by atoms with Gasteiger partial charge in [0.25, 0.3) is 0 Å². The molecule has 3 nitrogen and oxygen atoms in total. The van der Waals surface area contributed by atoms with Crippen molar-refractivity contribution in [1.29, 1.82) is 0 Å². The van der Waals surface area contributed by atoms with E-state index in [2.05, 4.69) is 56.3 Å². The minimum absolute atomic E-state index is 0.255. The van der Waals surface area contributed by atoms with Crippen LogP contribution in [0, 0.1) is 6.92 Å². The van der Waals surface area contributed by atoms with Gasteiger partial charge in [0.15, 0.2) is 11.5 Å². The van der Waals surface area contributed by atoms with E-state index in [9.17, 15) is 4.79 Å². The molecular formula is C27H26O3. The molecule has 0 bridgehead atoms. The number of ketones is 1. The van der Waals surface area contributed by atoms with E-state index in [4.69, 9.17) is 9.47 Å². The second kappa shape index (κ2) is 7.32. The van der Waals surface area contributed by atoms with Gasteiger partial charge in [-0.3, -0.25) is 4.79 Å². The second-order valence-corrected chi connectivity index (χ2v) is 8.46. The van der Waals surface area contributed by atoms with Crippen LogP contribution in [-0.2, 0) is 23.1 Å². The summed E-state index contributed by atoms with van der Waals surface area (Å²) < 4.78 is 10.9. The molecule has 3 heteroatoms. The van der Waals surface area contributed by atoms with Crippen molar-refractivity contribution in [2.45, 2.75) is 44.9 Å². The maximum absolute atomic E-state index is 13.4. The molecule has 3 aromatic carbocycles. The molecule has 0 spiro atoms. The first kappa shape index (κ1) is 18.9. The number of ether oxygens (including phenoxy) is 2. The summed E-state index contributed by atoms with van der Waals surface area (Å²) in [5.74, 6) is 1.81. The Hall–Kier alpha value is -3.07. The Kier molecular flexibility index (Phi) is 4.62. The van der Waals surface area contributed by atoms with Gasteiger partial charge in [0.05, 0.1) is 5.41 Å². The zero-order valence-corrected chi connectivity index (χ0v) is 17.5. The van der Waals surface area contributed by atoms with Crippen LogP contribution in [0.1, 0.15) is 42.0 Å². The van der Waals surface area contributed by atoms with E-state index in [-0.39, 0.29) is 12.2 Å². The van der Waals surface area contributed by atoms with E-state index in [1.165, 1.54) is 22.3 Å². The Balaban J connectivity index is 1.43.